The third-order valence-corrected chi connectivity index (χ3v) is 14.9. The summed E-state index contributed by atoms with van der Waals surface area (Å²) in [6.07, 6.45) is 6.19. The normalized spacial score (nSPS) is 25.2. The molecule has 1 saturated carbocycles. The van der Waals surface area contributed by atoms with Gasteiger partial charge in [0.15, 0.2) is 11.5 Å². The number of rotatable bonds is 7. The Morgan fingerprint density at radius 1 is 0.915 bits per heavy atom. The maximum Gasteiger partial charge on any atom is 0.242 e. The van der Waals surface area contributed by atoms with Gasteiger partial charge in [0.2, 0.25) is 29.4 Å². The van der Waals surface area contributed by atoms with Crippen molar-refractivity contribution < 1.29 is 33.8 Å². The molecule has 4 aliphatic rings. The van der Waals surface area contributed by atoms with E-state index >= 15 is 4.79 Å². The van der Waals surface area contributed by atoms with E-state index in [2.05, 4.69) is 0 Å². The summed E-state index contributed by atoms with van der Waals surface area (Å²) in [6.45, 7) is 5.68. The lowest BCUT2D eigenvalue weighted by molar-refractivity contribution is -0.132. The lowest BCUT2D eigenvalue weighted by Gasteiger charge is -2.47. The number of aromatic hydroxyl groups is 1. The fourth-order valence-corrected chi connectivity index (χ4v) is 11.3. The highest BCUT2D eigenvalue weighted by Gasteiger charge is 2.67. The molecule has 2 saturated heterocycles. The molecule has 2 aliphatic heterocycles. The van der Waals surface area contributed by atoms with Gasteiger partial charge in [-0.25, -0.2) is 9.80 Å². The van der Waals surface area contributed by atoms with Crippen LogP contribution in [-0.4, -0.2) is 52.7 Å². The Bertz CT molecular complexity index is 2710. The van der Waals surface area contributed by atoms with Gasteiger partial charge in [-0.1, -0.05) is 53.1 Å². The minimum Gasteiger partial charge on any atom is -0.502 e. The number of imide groups is 2. The topological polar surface area (TPSA) is 131 Å². The Morgan fingerprint density at radius 3 is 2.34 bits per heavy atom. The summed E-state index contributed by atoms with van der Waals surface area (Å²) in [4.78, 5) is 62.2. The molecule has 4 heterocycles. The average molecular weight is 852 g/mol. The monoisotopic (exact) mass is 850 g/mol. The van der Waals surface area contributed by atoms with E-state index in [9.17, 15) is 19.5 Å². The molecule has 6 unspecified atom stereocenters. The maximum absolute atomic E-state index is 15.2. The number of halogens is 2. The van der Waals surface area contributed by atoms with Gasteiger partial charge in [0.1, 0.15) is 11.5 Å². The number of benzene rings is 3. The second-order valence-corrected chi connectivity index (χ2v) is 17.9. The summed E-state index contributed by atoms with van der Waals surface area (Å²) in [5.41, 5.74) is 3.01. The molecule has 0 spiro atoms. The van der Waals surface area contributed by atoms with E-state index in [0.29, 0.717) is 39.2 Å². The first kappa shape index (κ1) is 39.1. The van der Waals surface area contributed by atoms with Gasteiger partial charge in [0.05, 0.1) is 48.0 Å². The molecule has 0 bridgehead atoms. The largest absolute Gasteiger partial charge is 0.502 e. The van der Waals surface area contributed by atoms with Crippen molar-refractivity contribution in [1.29, 1.82) is 0 Å². The predicted molar refractivity (Wildman–Crippen MR) is 228 cm³/mol. The number of phenolic OH excluding ortho intramolecular Hbond substituents is 1. The summed E-state index contributed by atoms with van der Waals surface area (Å²) in [5.74, 6) is -4.26. The summed E-state index contributed by atoms with van der Waals surface area (Å²) >= 11 is 14.4. The first-order valence-corrected chi connectivity index (χ1v) is 20.8. The number of aryl methyl sites for hydroxylation is 3. The minimum absolute atomic E-state index is 0.154. The summed E-state index contributed by atoms with van der Waals surface area (Å²) < 4.78 is 13.4. The van der Waals surface area contributed by atoms with Crippen molar-refractivity contribution in [2.75, 3.05) is 24.0 Å². The van der Waals surface area contributed by atoms with E-state index in [1.807, 2.05) is 57.2 Å². The van der Waals surface area contributed by atoms with E-state index in [1.54, 1.807) is 59.5 Å². The molecule has 59 heavy (non-hydrogen) atoms. The van der Waals surface area contributed by atoms with Gasteiger partial charge < -0.3 is 14.6 Å². The van der Waals surface area contributed by atoms with Crippen LogP contribution in [0, 0.1) is 48.9 Å². The first-order chi connectivity index (χ1) is 28.2. The van der Waals surface area contributed by atoms with Crippen LogP contribution in [0.1, 0.15) is 36.5 Å². The molecule has 3 aromatic carbocycles. The smallest absolute Gasteiger partial charge is 0.242 e. The van der Waals surface area contributed by atoms with Gasteiger partial charge in [0, 0.05) is 33.8 Å². The molecule has 2 aromatic heterocycles. The van der Waals surface area contributed by atoms with Gasteiger partial charge in [0.25, 0.3) is 0 Å². The van der Waals surface area contributed by atoms with Crippen molar-refractivity contribution in [3.63, 3.8) is 0 Å². The third kappa shape index (κ3) is 5.78. The van der Waals surface area contributed by atoms with Crippen LogP contribution in [0.15, 0.2) is 72.3 Å². The number of hydrogen-bond acceptors (Lipinski definition) is 9. The molecule has 4 amide bonds. The Labute approximate surface area is 354 Å². The average Bonchev–Trinajstić information content (AvgIpc) is 3.89. The lowest BCUT2D eigenvalue weighted by atomic mass is 9.52. The summed E-state index contributed by atoms with van der Waals surface area (Å²) in [6, 6.07) is 16.0. The van der Waals surface area contributed by atoms with Crippen molar-refractivity contribution in [1.82, 2.24) is 9.78 Å². The Kier molecular flexibility index (Phi) is 9.33. The number of amides is 4. The molecule has 2 aliphatic carbocycles. The van der Waals surface area contributed by atoms with Crippen LogP contribution < -0.4 is 19.3 Å². The standard InChI is InChI=1S/C45H40Cl2N4O7S/c1-21-7-10-25(18-32(21)47)50-41(53)27-12-11-26-29(38(27)43(50)55)19-31-42(54)51(37-20-33(48-49(37)4)40-22(2)28-17-24(46)9-14-36(28)59-40)44(56)45(31,3)30(26)13-8-23-15-34(57-5)39(52)35(16-23)58-6/h7-11,13-18,20,27,29-31,38,52H,12,19H2,1-6H3. The van der Waals surface area contributed by atoms with Gasteiger partial charge in [-0.3, -0.25) is 23.9 Å². The quantitative estimate of drug-likeness (QED) is 0.127. The molecule has 1 N–H and O–H groups in total. The van der Waals surface area contributed by atoms with E-state index in [0.717, 1.165) is 31.7 Å². The SMILES string of the molecule is COc1cc(C=CC2C3=CCC4C(=O)N(c5ccc(C)c(Cl)c5)C(=O)C4C3CC3C(=O)N(c4cc(-c5sc6ccc(Cl)cc6c5C)nn4C)C(=O)C23C)cc(OC)c1O. The van der Waals surface area contributed by atoms with Crippen LogP contribution in [0.5, 0.6) is 17.2 Å². The number of phenols is 1. The number of thiophene rings is 1. The molecular formula is C45H40Cl2N4O7S. The molecule has 302 valence electrons. The first-order valence-electron chi connectivity index (χ1n) is 19.3. The molecule has 3 fully saturated rings. The molecule has 14 heteroatoms. The number of methoxy groups -OCH3 is 2. The fraction of sp³-hybridized carbons (Fsp3) is 0.311. The number of nitrogens with zero attached hydrogens (tertiary/aromatic N) is 4. The molecule has 6 atom stereocenters. The van der Waals surface area contributed by atoms with Crippen molar-refractivity contribution >= 4 is 85.8 Å². The number of carbonyl (C=O) groups is 4. The Hall–Kier alpha value is -5.43. The number of anilines is 2. The Morgan fingerprint density at radius 2 is 1.64 bits per heavy atom. The highest BCUT2D eigenvalue weighted by Crippen LogP contribution is 2.61. The number of fused-ring (bicyclic) bond motifs is 5. The van der Waals surface area contributed by atoms with Crippen molar-refractivity contribution in [2.45, 2.75) is 33.6 Å². The van der Waals surface area contributed by atoms with Gasteiger partial charge in [-0.05, 0) is 104 Å². The van der Waals surface area contributed by atoms with Crippen molar-refractivity contribution in [3.05, 3.63) is 99.1 Å². The van der Waals surface area contributed by atoms with Crippen LogP contribution in [0.2, 0.25) is 10.0 Å². The number of hydrogen-bond donors (Lipinski definition) is 1. The van der Waals surface area contributed by atoms with Crippen LogP contribution >= 0.6 is 34.5 Å². The van der Waals surface area contributed by atoms with E-state index in [-0.39, 0.29) is 41.4 Å². The summed E-state index contributed by atoms with van der Waals surface area (Å²) in [7, 11) is 4.60. The zero-order chi connectivity index (χ0) is 41.8. The molecule has 0 radical (unpaired) electrons. The van der Waals surface area contributed by atoms with Crippen LogP contribution in [0.25, 0.3) is 26.7 Å². The second-order valence-electron chi connectivity index (χ2n) is 16.0. The van der Waals surface area contributed by atoms with Crippen LogP contribution in [0.3, 0.4) is 0 Å². The third-order valence-electron chi connectivity index (χ3n) is 13.0. The molecule has 5 aromatic rings. The zero-order valence-corrected chi connectivity index (χ0v) is 35.4. The lowest BCUT2D eigenvalue weighted by Crippen LogP contribution is -2.49. The predicted octanol–water partition coefficient (Wildman–Crippen LogP) is 8.93. The minimum atomic E-state index is -1.28. The van der Waals surface area contributed by atoms with E-state index in [4.69, 9.17) is 37.8 Å². The fourth-order valence-electron chi connectivity index (χ4n) is 9.84. The van der Waals surface area contributed by atoms with Gasteiger partial charge in [-0.2, -0.15) is 5.10 Å². The highest BCUT2D eigenvalue weighted by atomic mass is 35.5. The summed E-state index contributed by atoms with van der Waals surface area (Å²) in [5, 5.41) is 17.5. The number of aromatic nitrogens is 2. The van der Waals surface area contributed by atoms with Gasteiger partial charge >= 0.3 is 0 Å². The van der Waals surface area contributed by atoms with E-state index < -0.39 is 40.9 Å². The molecule has 9 rings (SSSR count). The van der Waals surface area contributed by atoms with Crippen LogP contribution in [0.4, 0.5) is 11.5 Å². The zero-order valence-electron chi connectivity index (χ0n) is 33.1. The Balaban J connectivity index is 1.15. The maximum atomic E-state index is 15.2. The number of carbonyl (C=O) groups excluding carboxylic acids is 4. The van der Waals surface area contributed by atoms with Crippen LogP contribution in [-0.2, 0) is 26.2 Å². The van der Waals surface area contributed by atoms with E-state index in [1.165, 1.54) is 24.0 Å². The number of ether oxygens (including phenoxy) is 2. The van der Waals surface area contributed by atoms with Crippen molar-refractivity contribution in [3.8, 4) is 27.8 Å². The molecule has 11 nitrogen and oxygen atoms in total. The van der Waals surface area contributed by atoms with Gasteiger partial charge in [-0.15, -0.1) is 11.3 Å². The second kappa shape index (κ2) is 14.1. The van der Waals surface area contributed by atoms with Crippen molar-refractivity contribution in [2.24, 2.45) is 42.1 Å². The number of allylic oxidation sites excluding steroid dienone is 3. The molecular weight excluding hydrogens is 811 g/mol. The highest BCUT2D eigenvalue weighted by molar-refractivity contribution is 7.22.